The Hall–Kier alpha value is -2.03. The van der Waals surface area contributed by atoms with Crippen LogP contribution in [0.2, 0.25) is 0 Å². The lowest BCUT2D eigenvalue weighted by molar-refractivity contribution is 0.434. The Morgan fingerprint density at radius 1 is 0.867 bits per heavy atom. The van der Waals surface area contributed by atoms with Crippen molar-refractivity contribution in [3.8, 4) is 11.5 Å². The molecule has 4 aliphatic rings. The van der Waals surface area contributed by atoms with Gasteiger partial charge in [0, 0.05) is 73.5 Å². The Morgan fingerprint density at radius 2 is 1.58 bits per heavy atom. The first kappa shape index (κ1) is 30.3. The fourth-order valence-corrected chi connectivity index (χ4v) is 11.4. The number of fused-ring (bicyclic) bond motifs is 6. The van der Waals surface area contributed by atoms with Crippen LogP contribution in [0.25, 0.3) is 16.5 Å². The van der Waals surface area contributed by atoms with Gasteiger partial charge in [-0.3, -0.25) is 4.55 Å². The van der Waals surface area contributed by atoms with E-state index in [9.17, 15) is 17.8 Å². The van der Waals surface area contributed by atoms with Crippen molar-refractivity contribution in [2.45, 2.75) is 43.4 Å². The maximum absolute atomic E-state index is 14.2. The molecule has 0 atom stereocenters. The summed E-state index contributed by atoms with van der Waals surface area (Å²) in [5, 5.41) is 2.41. The molecule has 4 aromatic rings. The van der Waals surface area contributed by atoms with Crippen molar-refractivity contribution in [2.75, 3.05) is 31.6 Å². The predicted molar refractivity (Wildman–Crippen MR) is 186 cm³/mol. The van der Waals surface area contributed by atoms with E-state index in [1.165, 1.54) is 5.36 Å². The number of ether oxygens (including phenoxy) is 1. The van der Waals surface area contributed by atoms with Crippen LogP contribution in [0, 0.1) is 0 Å². The molecule has 8 rings (SSSR count). The molecule has 0 amide bonds. The first-order valence-corrected chi connectivity index (χ1v) is 19.2. The minimum Gasteiger partial charge on any atom is -0.454 e. The topological polar surface area (TPSA) is 100 Å². The molecule has 13 heteroatoms. The van der Waals surface area contributed by atoms with Crippen LogP contribution in [0.5, 0.6) is 11.5 Å². The summed E-state index contributed by atoms with van der Waals surface area (Å²) in [6, 6.07) is 5.96. The van der Waals surface area contributed by atoms with Gasteiger partial charge in [-0.2, -0.15) is 8.42 Å². The van der Waals surface area contributed by atoms with E-state index in [1.807, 2.05) is 25.2 Å². The van der Waals surface area contributed by atoms with Crippen LogP contribution in [-0.2, 0) is 29.4 Å². The molecule has 0 spiro atoms. The number of hydrogen-bond acceptors (Lipinski definition) is 6. The summed E-state index contributed by atoms with van der Waals surface area (Å²) in [6.45, 7) is 2.83. The maximum atomic E-state index is 14.2. The normalized spacial score (nSPS) is 17.1. The highest BCUT2D eigenvalue weighted by atomic mass is 79.9. The fraction of sp³-hybridized carbons (Fsp3) is 0.312. The van der Waals surface area contributed by atoms with Crippen LogP contribution in [0.15, 0.2) is 50.2 Å². The van der Waals surface area contributed by atoms with Gasteiger partial charge in [0.1, 0.15) is 34.9 Å². The molecule has 4 aliphatic heterocycles. The van der Waals surface area contributed by atoms with Crippen LogP contribution in [0.3, 0.4) is 0 Å². The molecule has 0 fully saturated rings. The Balaban J connectivity index is 1.62. The van der Waals surface area contributed by atoms with Crippen molar-refractivity contribution in [1.82, 2.24) is 4.58 Å². The first-order chi connectivity index (χ1) is 21.5. The number of nitrogens with zero attached hydrogens (tertiary/aromatic N) is 2. The molecule has 1 aromatic heterocycles. The third-order valence-corrected chi connectivity index (χ3v) is 15.3. The smallest absolute Gasteiger partial charge is 0.348 e. The Labute approximate surface area is 292 Å². The quantitative estimate of drug-likeness (QED) is 0.0741. The summed E-state index contributed by atoms with van der Waals surface area (Å²) in [5.74, 6) is 0.931. The average molecular weight is 885 g/mol. The van der Waals surface area contributed by atoms with Gasteiger partial charge in [0.05, 0.1) is 15.4 Å². The van der Waals surface area contributed by atoms with Crippen LogP contribution in [0.1, 0.15) is 47.1 Å². The van der Waals surface area contributed by atoms with Crippen molar-refractivity contribution >= 4 is 96.1 Å². The predicted octanol–water partition coefficient (Wildman–Crippen LogP) is 6.21. The second-order valence-corrected chi connectivity index (χ2v) is 16.5. The van der Waals surface area contributed by atoms with Crippen molar-refractivity contribution in [2.24, 2.45) is 0 Å². The van der Waals surface area contributed by atoms with Crippen molar-refractivity contribution in [1.29, 1.82) is 0 Å². The Kier molecular flexibility index (Phi) is 7.24. The van der Waals surface area contributed by atoms with E-state index < -0.39 is 15.7 Å². The van der Waals surface area contributed by atoms with Gasteiger partial charge in [-0.1, -0.05) is 0 Å². The monoisotopic (exact) mass is 881 g/mol. The molecule has 5 heterocycles. The lowest BCUT2D eigenvalue weighted by Gasteiger charge is -2.29. The minimum atomic E-state index is -4.82. The van der Waals surface area contributed by atoms with E-state index in [0.29, 0.717) is 46.7 Å². The van der Waals surface area contributed by atoms with E-state index in [-0.39, 0.29) is 20.5 Å². The van der Waals surface area contributed by atoms with Gasteiger partial charge in [0.2, 0.25) is 5.36 Å². The van der Waals surface area contributed by atoms with Gasteiger partial charge in [-0.25, -0.2) is 9.37 Å². The molecule has 0 saturated heterocycles. The second-order valence-electron chi connectivity index (χ2n) is 11.9. The van der Waals surface area contributed by atoms with Crippen LogP contribution in [0.4, 0.5) is 5.69 Å². The standard InChI is InChI=1S/C32H24Br4N2O6S/c1-37-8-2-5-14-11-17-20(13-19(14)37)43-32(39)23-21(22-24(33)25(34)26(35)27(36)31(22)45(40,41)42)18-12-15-6-3-9-38-10-4-7-16(28(15)38)29(18)44-30(17)23/h11-13H,2-10H2,1H3/p+1. The highest BCUT2D eigenvalue weighted by Crippen LogP contribution is 2.50. The zero-order valence-electron chi connectivity index (χ0n) is 23.9. The number of anilines is 1. The van der Waals surface area contributed by atoms with Gasteiger partial charge in [-0.05, 0) is 107 Å². The number of rotatable bonds is 2. The molecule has 1 N–H and O–H groups in total. The number of hydrogen-bond donors (Lipinski definition) is 1. The molecule has 3 aromatic carbocycles. The van der Waals surface area contributed by atoms with Crippen molar-refractivity contribution in [3.05, 3.63) is 84.9 Å². The Morgan fingerprint density at radius 3 is 2.33 bits per heavy atom. The molecule has 45 heavy (non-hydrogen) atoms. The number of halogens is 4. The van der Waals surface area contributed by atoms with Gasteiger partial charge in [0.15, 0.2) is 5.75 Å². The summed E-state index contributed by atoms with van der Waals surface area (Å²) in [7, 11) is -2.80. The highest BCUT2D eigenvalue weighted by Gasteiger charge is 2.38. The average Bonchev–Trinajstić information content (AvgIpc) is 3.00. The molecule has 8 nitrogen and oxygen atoms in total. The van der Waals surface area contributed by atoms with Crippen LogP contribution < -0.4 is 30.4 Å². The van der Waals surface area contributed by atoms with Gasteiger partial charge >= 0.3 is 5.63 Å². The summed E-state index contributed by atoms with van der Waals surface area (Å²) < 4.78 is 53.7. The first-order valence-electron chi connectivity index (χ1n) is 14.6. The molecule has 0 saturated carbocycles. The van der Waals surface area contributed by atoms with E-state index >= 15 is 0 Å². The number of benzene rings is 3. The molecule has 232 valence electrons. The molecule has 0 aliphatic carbocycles. The lowest BCUT2D eigenvalue weighted by atomic mass is 9.87. The van der Waals surface area contributed by atoms with E-state index in [4.69, 9.17) is 9.15 Å². The summed E-state index contributed by atoms with van der Waals surface area (Å²) in [4.78, 5) is 16.0. The molecule has 0 radical (unpaired) electrons. The zero-order chi connectivity index (χ0) is 31.5. The zero-order valence-corrected chi connectivity index (χ0v) is 31.1. The van der Waals surface area contributed by atoms with Crippen molar-refractivity contribution < 1.29 is 22.1 Å². The summed E-state index contributed by atoms with van der Waals surface area (Å²) in [6.07, 6.45) is 5.42. The fourth-order valence-electron chi connectivity index (χ4n) is 7.47. The van der Waals surface area contributed by atoms with E-state index in [2.05, 4.69) is 73.2 Å². The lowest BCUT2D eigenvalue weighted by Crippen LogP contribution is -2.45. The maximum Gasteiger partial charge on any atom is 0.348 e. The molecule has 0 bridgehead atoms. The van der Waals surface area contributed by atoms with Crippen LogP contribution in [-0.4, -0.2) is 39.7 Å². The van der Waals surface area contributed by atoms with E-state index in [0.717, 1.165) is 80.5 Å². The third kappa shape index (κ3) is 4.51. The largest absolute Gasteiger partial charge is 0.454 e. The number of aryl methyl sites for hydroxylation is 2. The molecular weight excluding hydrogens is 860 g/mol. The van der Waals surface area contributed by atoms with Crippen LogP contribution >= 0.6 is 63.7 Å². The van der Waals surface area contributed by atoms with Gasteiger partial charge in [0.25, 0.3) is 10.1 Å². The Bertz CT molecular complexity index is 2350. The van der Waals surface area contributed by atoms with Gasteiger partial charge in [-0.15, -0.1) is 0 Å². The SMILES string of the molecule is CN1CCCc2cc3c4c(c(=O)oc3cc21)C(c1c(Br)c(Br)c(Br)c(Br)c1S(=O)(=O)O)=c1cc2c3c(c1O4)CCC[N+]=3CCC2. The summed E-state index contributed by atoms with van der Waals surface area (Å²) in [5.41, 5.74) is 4.61. The molecule has 0 unspecified atom stereocenters. The molecular formula is C32H25Br4N2O6S+. The highest BCUT2D eigenvalue weighted by molar-refractivity contribution is 9.15. The van der Waals surface area contributed by atoms with Crippen molar-refractivity contribution in [3.63, 3.8) is 0 Å². The summed E-state index contributed by atoms with van der Waals surface area (Å²) >= 11 is 14.1. The minimum absolute atomic E-state index is 0.112. The second kappa shape index (κ2) is 10.7. The van der Waals surface area contributed by atoms with E-state index in [1.54, 1.807) is 0 Å². The third-order valence-electron chi connectivity index (χ3n) is 9.34. The van der Waals surface area contributed by atoms with Gasteiger partial charge < -0.3 is 14.1 Å².